The molecule has 0 aromatic carbocycles. The molecule has 2 rings (SSSR count). The molecule has 0 atom stereocenters. The van der Waals surface area contributed by atoms with E-state index in [1.165, 1.54) is 0 Å². The van der Waals surface area contributed by atoms with E-state index in [0.29, 0.717) is 10.6 Å². The predicted octanol–water partition coefficient (Wildman–Crippen LogP) is 2.39. The maximum Gasteiger partial charge on any atom is 0.270 e. The van der Waals surface area contributed by atoms with Crippen LogP contribution in [0.4, 0.5) is 0 Å². The van der Waals surface area contributed by atoms with Crippen LogP contribution in [-0.2, 0) is 4.79 Å². The molecule has 1 aliphatic carbocycles. The second-order valence-corrected chi connectivity index (χ2v) is 8.35. The van der Waals surface area contributed by atoms with Gasteiger partial charge in [0.05, 0.1) is 6.54 Å². The minimum Gasteiger partial charge on any atom is -0.352 e. The summed E-state index contributed by atoms with van der Waals surface area (Å²) in [7, 11) is 0. The zero-order valence-electron chi connectivity index (χ0n) is 15.1. The summed E-state index contributed by atoms with van der Waals surface area (Å²) in [6.45, 7) is 6.48. The molecule has 1 saturated carbocycles. The van der Waals surface area contributed by atoms with Crippen molar-refractivity contribution in [1.29, 1.82) is 0 Å². The molecular formula is C18H27BrN4O2. The highest BCUT2D eigenvalue weighted by Gasteiger charge is 2.25. The second kappa shape index (κ2) is 8.76. The minimum atomic E-state index is -0.352. The molecule has 0 bridgehead atoms. The summed E-state index contributed by atoms with van der Waals surface area (Å²) >= 11 is 3.22. The van der Waals surface area contributed by atoms with Crippen LogP contribution in [-0.4, -0.2) is 41.0 Å². The van der Waals surface area contributed by atoms with Gasteiger partial charge in [0.2, 0.25) is 5.91 Å². The molecular weight excluding hydrogens is 384 g/mol. The van der Waals surface area contributed by atoms with E-state index >= 15 is 0 Å². The molecule has 0 unspecified atom stereocenters. The van der Waals surface area contributed by atoms with Crippen LogP contribution in [0.2, 0.25) is 0 Å². The second-order valence-electron chi connectivity index (χ2n) is 7.54. The molecule has 7 heteroatoms. The number of amides is 2. The smallest absolute Gasteiger partial charge is 0.270 e. The Balaban J connectivity index is 1.70. The number of nitrogens with zero attached hydrogens (tertiary/aromatic N) is 1. The van der Waals surface area contributed by atoms with E-state index in [4.69, 9.17) is 0 Å². The molecule has 6 nitrogen and oxygen atoms in total. The molecule has 0 saturated heterocycles. The summed E-state index contributed by atoms with van der Waals surface area (Å²) in [5.74, 6) is -0.509. The molecule has 0 radical (unpaired) electrons. The number of nitrogens with one attached hydrogen (secondary N) is 3. The van der Waals surface area contributed by atoms with Crippen molar-refractivity contribution in [2.45, 2.75) is 64.1 Å². The van der Waals surface area contributed by atoms with Crippen molar-refractivity contribution in [2.75, 3.05) is 6.54 Å². The molecule has 2 amide bonds. The number of carbonyl (C=O) groups excluding carboxylic acids is 2. The standard InChI is InChI=1S/C18H27BrN4O2/c1-18(2,3)23-13-9-7-12(8-10-13)21-16(24)11-20-17(25)14-5-4-6-15(19)22-14/h4-6,12-13,23H,7-11H2,1-3H3,(H,20,25)(H,21,24)/t12-,13-. The Morgan fingerprint density at radius 2 is 1.80 bits per heavy atom. The summed E-state index contributed by atoms with van der Waals surface area (Å²) in [4.78, 5) is 28.1. The van der Waals surface area contributed by atoms with Crippen LogP contribution < -0.4 is 16.0 Å². The number of rotatable bonds is 5. The zero-order valence-corrected chi connectivity index (χ0v) is 16.6. The van der Waals surface area contributed by atoms with Crippen molar-refractivity contribution in [3.05, 3.63) is 28.5 Å². The van der Waals surface area contributed by atoms with Gasteiger partial charge in [-0.1, -0.05) is 6.07 Å². The Bertz CT molecular complexity index is 607. The maximum atomic E-state index is 12.1. The van der Waals surface area contributed by atoms with Crippen molar-refractivity contribution >= 4 is 27.7 Å². The van der Waals surface area contributed by atoms with Gasteiger partial charge in [-0.3, -0.25) is 9.59 Å². The lowest BCUT2D eigenvalue weighted by molar-refractivity contribution is -0.121. The highest BCUT2D eigenvalue weighted by Crippen LogP contribution is 2.20. The fourth-order valence-corrected chi connectivity index (χ4v) is 3.40. The number of pyridine rings is 1. The first-order valence-electron chi connectivity index (χ1n) is 8.71. The molecule has 0 spiro atoms. The minimum absolute atomic E-state index is 0.0345. The summed E-state index contributed by atoms with van der Waals surface area (Å²) in [5, 5.41) is 9.23. The monoisotopic (exact) mass is 410 g/mol. The lowest BCUT2D eigenvalue weighted by Gasteiger charge is -2.34. The highest BCUT2D eigenvalue weighted by molar-refractivity contribution is 9.10. The average Bonchev–Trinajstić information content (AvgIpc) is 2.53. The first-order valence-corrected chi connectivity index (χ1v) is 9.50. The van der Waals surface area contributed by atoms with Gasteiger partial charge in [0.25, 0.3) is 5.91 Å². The van der Waals surface area contributed by atoms with Crippen molar-refractivity contribution in [3.8, 4) is 0 Å². The molecule has 0 aliphatic heterocycles. The number of aromatic nitrogens is 1. The van der Waals surface area contributed by atoms with Crippen molar-refractivity contribution in [3.63, 3.8) is 0 Å². The van der Waals surface area contributed by atoms with E-state index in [2.05, 4.69) is 57.6 Å². The fraction of sp³-hybridized carbons (Fsp3) is 0.611. The predicted molar refractivity (Wildman–Crippen MR) is 101 cm³/mol. The summed E-state index contributed by atoms with van der Waals surface area (Å²) < 4.78 is 0.588. The van der Waals surface area contributed by atoms with Gasteiger partial charge in [0.1, 0.15) is 10.3 Å². The number of carbonyl (C=O) groups is 2. The lowest BCUT2D eigenvalue weighted by atomic mass is 9.89. The lowest BCUT2D eigenvalue weighted by Crippen LogP contribution is -2.49. The van der Waals surface area contributed by atoms with Crippen molar-refractivity contribution < 1.29 is 9.59 Å². The molecule has 25 heavy (non-hydrogen) atoms. The Hall–Kier alpha value is -1.47. The van der Waals surface area contributed by atoms with Crippen LogP contribution in [0.5, 0.6) is 0 Å². The third-order valence-corrected chi connectivity index (χ3v) is 4.53. The third kappa shape index (κ3) is 7.12. The molecule has 1 heterocycles. The van der Waals surface area contributed by atoms with Crippen LogP contribution in [0, 0.1) is 0 Å². The topological polar surface area (TPSA) is 83.1 Å². The Labute approximate surface area is 157 Å². The van der Waals surface area contributed by atoms with Crippen LogP contribution >= 0.6 is 15.9 Å². The molecule has 1 fully saturated rings. The highest BCUT2D eigenvalue weighted by atomic mass is 79.9. The summed E-state index contributed by atoms with van der Waals surface area (Å²) in [6, 6.07) is 5.79. The van der Waals surface area contributed by atoms with E-state index in [1.807, 2.05) is 0 Å². The van der Waals surface area contributed by atoms with E-state index < -0.39 is 0 Å². The number of hydrogen-bond acceptors (Lipinski definition) is 4. The largest absolute Gasteiger partial charge is 0.352 e. The Morgan fingerprint density at radius 3 is 2.40 bits per heavy atom. The van der Waals surface area contributed by atoms with E-state index in [0.717, 1.165) is 25.7 Å². The number of halogens is 1. The molecule has 1 aromatic heterocycles. The van der Waals surface area contributed by atoms with Gasteiger partial charge < -0.3 is 16.0 Å². The van der Waals surface area contributed by atoms with Crippen LogP contribution in [0.1, 0.15) is 56.9 Å². The van der Waals surface area contributed by atoms with Crippen molar-refractivity contribution in [2.24, 2.45) is 0 Å². The third-order valence-electron chi connectivity index (χ3n) is 4.09. The summed E-state index contributed by atoms with van der Waals surface area (Å²) in [5.41, 5.74) is 0.404. The normalized spacial score (nSPS) is 20.8. The maximum absolute atomic E-state index is 12.1. The van der Waals surface area contributed by atoms with E-state index in [-0.39, 0.29) is 35.6 Å². The van der Waals surface area contributed by atoms with Gasteiger partial charge >= 0.3 is 0 Å². The Kier molecular flexibility index (Phi) is 6.95. The van der Waals surface area contributed by atoms with Crippen molar-refractivity contribution in [1.82, 2.24) is 20.9 Å². The molecule has 3 N–H and O–H groups in total. The first-order chi connectivity index (χ1) is 11.7. The average molecular weight is 411 g/mol. The first kappa shape index (κ1) is 19.8. The Morgan fingerprint density at radius 1 is 1.16 bits per heavy atom. The quantitative estimate of drug-likeness (QED) is 0.650. The van der Waals surface area contributed by atoms with Gasteiger partial charge in [-0.2, -0.15) is 0 Å². The summed E-state index contributed by atoms with van der Waals surface area (Å²) in [6.07, 6.45) is 4.02. The zero-order chi connectivity index (χ0) is 18.4. The van der Waals surface area contributed by atoms with Gasteiger partial charge in [0, 0.05) is 17.6 Å². The van der Waals surface area contributed by atoms with Gasteiger partial charge in [-0.25, -0.2) is 4.98 Å². The SMILES string of the molecule is CC(C)(C)N[C@H]1CC[C@H](NC(=O)CNC(=O)c2cccc(Br)n2)CC1. The van der Waals surface area contributed by atoms with Crippen LogP contribution in [0.3, 0.4) is 0 Å². The molecule has 138 valence electrons. The fourth-order valence-electron chi connectivity index (χ4n) is 3.06. The number of hydrogen-bond donors (Lipinski definition) is 3. The molecule has 1 aromatic rings. The van der Waals surface area contributed by atoms with E-state index in [1.54, 1.807) is 18.2 Å². The van der Waals surface area contributed by atoms with Crippen LogP contribution in [0.25, 0.3) is 0 Å². The van der Waals surface area contributed by atoms with Gasteiger partial charge in [-0.05, 0) is 74.5 Å². The van der Waals surface area contributed by atoms with Crippen LogP contribution in [0.15, 0.2) is 22.8 Å². The molecule has 1 aliphatic rings. The van der Waals surface area contributed by atoms with Gasteiger partial charge in [-0.15, -0.1) is 0 Å². The van der Waals surface area contributed by atoms with E-state index in [9.17, 15) is 9.59 Å². The van der Waals surface area contributed by atoms with Gasteiger partial charge in [0.15, 0.2) is 0 Å².